The van der Waals surface area contributed by atoms with Gasteiger partial charge in [0.1, 0.15) is 5.02 Å². The number of rotatable bonds is 3. The summed E-state index contributed by atoms with van der Waals surface area (Å²) in [5, 5.41) is 28.2. The van der Waals surface area contributed by atoms with Crippen molar-refractivity contribution in [2.45, 2.75) is 12.5 Å². The predicted molar refractivity (Wildman–Crippen MR) is 53.3 cm³/mol. The van der Waals surface area contributed by atoms with Gasteiger partial charge in [-0.25, -0.2) is 0 Å². The highest BCUT2D eigenvalue weighted by Gasteiger charge is 2.15. The number of nitrogens with zero attached hydrogens (tertiary/aromatic N) is 2. The normalized spacial score (nSPS) is 11.8. The number of halogens is 1. The Morgan fingerprint density at radius 2 is 2.33 bits per heavy atom. The molecule has 0 saturated carbocycles. The smallest absolute Gasteiger partial charge is 0.287 e. The third kappa shape index (κ3) is 2.65. The number of hydrogen-bond donors (Lipinski definition) is 1. The minimum atomic E-state index is -0.965. The van der Waals surface area contributed by atoms with Crippen molar-refractivity contribution in [3.63, 3.8) is 0 Å². The summed E-state index contributed by atoms with van der Waals surface area (Å²) in [7, 11) is 0. The van der Waals surface area contributed by atoms with Crippen molar-refractivity contribution in [3.8, 4) is 6.07 Å². The number of nitriles is 1. The highest BCUT2D eigenvalue weighted by molar-refractivity contribution is 6.32. The van der Waals surface area contributed by atoms with E-state index in [0.29, 0.717) is 5.56 Å². The van der Waals surface area contributed by atoms with Crippen LogP contribution in [0.2, 0.25) is 5.02 Å². The molecule has 0 aliphatic rings. The molecule has 1 rings (SSSR count). The fraction of sp³-hybridized carbons (Fsp3) is 0.222. The van der Waals surface area contributed by atoms with Crippen LogP contribution in [0, 0.1) is 21.4 Å². The highest BCUT2D eigenvalue weighted by atomic mass is 35.5. The predicted octanol–water partition coefficient (Wildman–Crippen LogP) is 2.20. The lowest BCUT2D eigenvalue weighted by Crippen LogP contribution is -1.97. The molecule has 15 heavy (non-hydrogen) atoms. The monoisotopic (exact) mass is 226 g/mol. The summed E-state index contributed by atoms with van der Waals surface area (Å²) in [4.78, 5) is 9.83. The fourth-order valence-corrected chi connectivity index (χ4v) is 1.34. The Morgan fingerprint density at radius 1 is 1.67 bits per heavy atom. The Labute approximate surface area is 90.7 Å². The third-order valence-corrected chi connectivity index (χ3v) is 2.14. The van der Waals surface area contributed by atoms with Gasteiger partial charge in [-0.05, 0) is 17.7 Å². The molecule has 0 heterocycles. The van der Waals surface area contributed by atoms with E-state index in [9.17, 15) is 15.2 Å². The van der Waals surface area contributed by atoms with Gasteiger partial charge in [0.05, 0.1) is 23.5 Å². The molecule has 1 aromatic carbocycles. The lowest BCUT2D eigenvalue weighted by molar-refractivity contribution is -0.384. The van der Waals surface area contributed by atoms with Crippen molar-refractivity contribution >= 4 is 17.3 Å². The second kappa shape index (κ2) is 4.73. The number of aliphatic hydroxyl groups excluding tert-OH is 1. The second-order valence-corrected chi connectivity index (χ2v) is 3.25. The fourth-order valence-electron chi connectivity index (χ4n) is 1.08. The zero-order valence-corrected chi connectivity index (χ0v) is 8.31. The van der Waals surface area contributed by atoms with Gasteiger partial charge >= 0.3 is 0 Å². The molecular weight excluding hydrogens is 220 g/mol. The van der Waals surface area contributed by atoms with Crippen LogP contribution in [-0.4, -0.2) is 10.0 Å². The first kappa shape index (κ1) is 11.4. The van der Waals surface area contributed by atoms with Crippen LogP contribution in [0.15, 0.2) is 18.2 Å². The Balaban J connectivity index is 3.02. The zero-order valence-electron chi connectivity index (χ0n) is 7.55. The standard InChI is InChI=1S/C9H7ClN2O3/c10-7-5-6(9(13)3-4-11)1-2-8(7)12(14)15/h1-2,5,9,13H,3H2. The molecule has 0 aromatic heterocycles. The molecule has 0 spiro atoms. The lowest BCUT2D eigenvalue weighted by atomic mass is 10.1. The van der Waals surface area contributed by atoms with Crippen molar-refractivity contribution in [1.82, 2.24) is 0 Å². The SMILES string of the molecule is N#CCC(O)c1ccc([N+](=O)[O-])c(Cl)c1. The molecule has 0 amide bonds. The Kier molecular flexibility index (Phi) is 3.61. The molecule has 0 bridgehead atoms. The molecule has 5 nitrogen and oxygen atoms in total. The molecule has 0 saturated heterocycles. The van der Waals surface area contributed by atoms with Crippen LogP contribution in [0.5, 0.6) is 0 Å². The largest absolute Gasteiger partial charge is 0.387 e. The first-order valence-corrected chi connectivity index (χ1v) is 4.43. The summed E-state index contributed by atoms with van der Waals surface area (Å²) in [6, 6.07) is 5.68. The minimum Gasteiger partial charge on any atom is -0.387 e. The molecular formula is C9H7ClN2O3. The molecule has 1 N–H and O–H groups in total. The van der Waals surface area contributed by atoms with E-state index in [1.807, 2.05) is 0 Å². The first-order valence-electron chi connectivity index (χ1n) is 4.05. The van der Waals surface area contributed by atoms with Gasteiger partial charge < -0.3 is 5.11 Å². The molecule has 1 unspecified atom stereocenters. The summed E-state index contributed by atoms with van der Waals surface area (Å²) in [5.74, 6) is 0. The minimum absolute atomic E-state index is 0.0468. The summed E-state index contributed by atoms with van der Waals surface area (Å²) in [5.41, 5.74) is 0.178. The van der Waals surface area contributed by atoms with Crippen LogP contribution in [-0.2, 0) is 0 Å². The average Bonchev–Trinajstić information content (AvgIpc) is 2.17. The van der Waals surface area contributed by atoms with E-state index in [1.54, 1.807) is 6.07 Å². The van der Waals surface area contributed by atoms with Crippen molar-refractivity contribution in [2.24, 2.45) is 0 Å². The topological polar surface area (TPSA) is 87.2 Å². The van der Waals surface area contributed by atoms with Crippen LogP contribution in [0.25, 0.3) is 0 Å². The van der Waals surface area contributed by atoms with E-state index in [-0.39, 0.29) is 17.1 Å². The summed E-state index contributed by atoms with van der Waals surface area (Å²) in [6.07, 6.45) is -1.04. The van der Waals surface area contributed by atoms with Crippen molar-refractivity contribution in [1.29, 1.82) is 5.26 Å². The Morgan fingerprint density at radius 3 is 2.80 bits per heavy atom. The van der Waals surface area contributed by atoms with Crippen molar-refractivity contribution in [2.75, 3.05) is 0 Å². The van der Waals surface area contributed by atoms with Gasteiger partial charge in [-0.3, -0.25) is 10.1 Å². The zero-order chi connectivity index (χ0) is 11.4. The quantitative estimate of drug-likeness (QED) is 0.632. The second-order valence-electron chi connectivity index (χ2n) is 2.85. The van der Waals surface area contributed by atoms with E-state index in [4.69, 9.17) is 16.9 Å². The van der Waals surface area contributed by atoms with Crippen LogP contribution < -0.4 is 0 Å². The van der Waals surface area contributed by atoms with Crippen LogP contribution in [0.1, 0.15) is 18.1 Å². The van der Waals surface area contributed by atoms with Gasteiger partial charge in [0.15, 0.2) is 0 Å². The molecule has 0 radical (unpaired) electrons. The molecule has 0 aliphatic carbocycles. The summed E-state index contributed by atoms with van der Waals surface area (Å²) >= 11 is 5.63. The van der Waals surface area contributed by atoms with Crippen LogP contribution in [0.4, 0.5) is 5.69 Å². The highest BCUT2D eigenvalue weighted by Crippen LogP contribution is 2.28. The molecule has 1 aromatic rings. The Hall–Kier alpha value is -1.64. The van der Waals surface area contributed by atoms with Crippen molar-refractivity contribution < 1.29 is 10.0 Å². The molecule has 78 valence electrons. The Bertz CT molecular complexity index is 428. The van der Waals surface area contributed by atoms with E-state index < -0.39 is 11.0 Å². The van der Waals surface area contributed by atoms with E-state index in [2.05, 4.69) is 0 Å². The molecule has 0 aliphatic heterocycles. The molecule has 1 atom stereocenters. The number of nitro groups is 1. The van der Waals surface area contributed by atoms with E-state index >= 15 is 0 Å². The molecule has 6 heteroatoms. The summed E-state index contributed by atoms with van der Waals surface area (Å²) < 4.78 is 0. The van der Waals surface area contributed by atoms with E-state index in [0.717, 1.165) is 0 Å². The molecule has 0 fully saturated rings. The maximum absolute atomic E-state index is 10.4. The van der Waals surface area contributed by atoms with Crippen LogP contribution >= 0.6 is 11.6 Å². The number of hydrogen-bond acceptors (Lipinski definition) is 4. The van der Waals surface area contributed by atoms with Crippen molar-refractivity contribution in [3.05, 3.63) is 38.9 Å². The number of aliphatic hydroxyl groups is 1. The van der Waals surface area contributed by atoms with E-state index in [1.165, 1.54) is 18.2 Å². The lowest BCUT2D eigenvalue weighted by Gasteiger charge is -2.06. The maximum atomic E-state index is 10.4. The van der Waals surface area contributed by atoms with Gasteiger partial charge in [0.25, 0.3) is 5.69 Å². The average molecular weight is 227 g/mol. The maximum Gasteiger partial charge on any atom is 0.287 e. The van der Waals surface area contributed by atoms with Gasteiger partial charge in [-0.1, -0.05) is 11.6 Å². The van der Waals surface area contributed by atoms with Crippen LogP contribution in [0.3, 0.4) is 0 Å². The summed E-state index contributed by atoms with van der Waals surface area (Å²) in [6.45, 7) is 0. The third-order valence-electron chi connectivity index (χ3n) is 1.84. The first-order chi connectivity index (χ1) is 7.06. The number of benzene rings is 1. The van der Waals surface area contributed by atoms with Gasteiger partial charge in [0.2, 0.25) is 0 Å². The number of nitro benzene ring substituents is 1. The van der Waals surface area contributed by atoms with Gasteiger partial charge in [-0.2, -0.15) is 5.26 Å². The van der Waals surface area contributed by atoms with Gasteiger partial charge in [-0.15, -0.1) is 0 Å². The van der Waals surface area contributed by atoms with Gasteiger partial charge in [0, 0.05) is 6.07 Å².